The molecule has 0 amide bonds. The van der Waals surface area contributed by atoms with E-state index in [2.05, 4.69) is 24.5 Å². The average molecular weight is 455 g/mol. The second-order valence-electron chi connectivity index (χ2n) is 7.50. The summed E-state index contributed by atoms with van der Waals surface area (Å²) in [4.78, 5) is 24.5. The van der Waals surface area contributed by atoms with Crippen LogP contribution in [0.1, 0.15) is 46.8 Å². The van der Waals surface area contributed by atoms with Gasteiger partial charge in [-0.25, -0.2) is 4.79 Å². The number of nitriles is 1. The smallest absolute Gasteiger partial charge is 0.339 e. The quantitative estimate of drug-likeness (QED) is 0.301. The van der Waals surface area contributed by atoms with E-state index in [1.165, 1.54) is 7.11 Å². The third kappa shape index (κ3) is 6.66. The van der Waals surface area contributed by atoms with E-state index in [1.807, 2.05) is 55.5 Å². The predicted octanol–water partition coefficient (Wildman–Crippen LogP) is 6.34. The number of anilines is 1. The van der Waals surface area contributed by atoms with Crippen molar-refractivity contribution in [2.24, 2.45) is 0 Å². The van der Waals surface area contributed by atoms with Crippen LogP contribution in [0, 0.1) is 11.3 Å². The molecule has 0 aliphatic heterocycles. The molecule has 3 aromatic carbocycles. The number of ether oxygens (including phenoxy) is 1. The van der Waals surface area contributed by atoms with Gasteiger partial charge in [0.25, 0.3) is 0 Å². The molecule has 0 atom stereocenters. The van der Waals surface area contributed by atoms with Crippen molar-refractivity contribution in [3.63, 3.8) is 0 Å². The van der Waals surface area contributed by atoms with Crippen LogP contribution in [0.5, 0.6) is 0 Å². The Kier molecular flexibility index (Phi) is 10.3. The molecule has 0 bridgehead atoms. The molecule has 0 saturated carbocycles. The summed E-state index contributed by atoms with van der Waals surface area (Å²) in [6, 6.07) is 23.0. The molecule has 0 saturated heterocycles. The van der Waals surface area contributed by atoms with Gasteiger partial charge in [-0.15, -0.1) is 13.2 Å². The Hall–Kier alpha value is -4.17. The standard InChI is InChI=1S/C27H26N2O3.C2H4/c1-3-7-23(30)16-21-9-6-11-25(27(31)32-2)26(21)29-18-19-12-14-20(15-13-19)24-10-5-4-8-22(24)17-28;1-2/h4-6,8-15,29H,3,7,16,18H2,1-2H3;1-2H2. The number of nitrogens with one attached hydrogen (secondary N) is 1. The zero-order valence-corrected chi connectivity index (χ0v) is 19.8. The Morgan fingerprint density at radius 1 is 1.00 bits per heavy atom. The summed E-state index contributed by atoms with van der Waals surface area (Å²) in [6.45, 7) is 8.45. The summed E-state index contributed by atoms with van der Waals surface area (Å²) in [5.41, 5.74) is 5.32. The van der Waals surface area contributed by atoms with E-state index >= 15 is 0 Å². The first-order valence-electron chi connectivity index (χ1n) is 11.1. The average Bonchev–Trinajstić information content (AvgIpc) is 2.89. The molecule has 0 spiro atoms. The minimum absolute atomic E-state index is 0.137. The van der Waals surface area contributed by atoms with E-state index in [0.717, 1.165) is 28.7 Å². The lowest BCUT2D eigenvalue weighted by Gasteiger charge is -2.16. The minimum atomic E-state index is -0.444. The van der Waals surface area contributed by atoms with Gasteiger partial charge >= 0.3 is 5.97 Å². The zero-order chi connectivity index (χ0) is 24.9. The monoisotopic (exact) mass is 454 g/mol. The Morgan fingerprint density at radius 3 is 2.35 bits per heavy atom. The summed E-state index contributed by atoms with van der Waals surface area (Å²) >= 11 is 0. The zero-order valence-electron chi connectivity index (χ0n) is 19.8. The molecule has 0 heterocycles. The first-order chi connectivity index (χ1) is 16.6. The number of carbonyl (C=O) groups is 2. The van der Waals surface area contributed by atoms with Crippen molar-refractivity contribution in [2.75, 3.05) is 12.4 Å². The van der Waals surface area contributed by atoms with Gasteiger partial charge in [0.2, 0.25) is 0 Å². The predicted molar refractivity (Wildman–Crippen MR) is 137 cm³/mol. The normalized spacial score (nSPS) is 9.79. The highest BCUT2D eigenvalue weighted by Crippen LogP contribution is 2.26. The number of hydrogen-bond donors (Lipinski definition) is 1. The van der Waals surface area contributed by atoms with Crippen LogP contribution < -0.4 is 5.32 Å². The first kappa shape index (κ1) is 26.1. The Balaban J connectivity index is 0.00000199. The van der Waals surface area contributed by atoms with Crippen molar-refractivity contribution in [1.82, 2.24) is 0 Å². The van der Waals surface area contributed by atoms with Crippen molar-refractivity contribution in [2.45, 2.75) is 32.7 Å². The first-order valence-corrected chi connectivity index (χ1v) is 11.1. The van der Waals surface area contributed by atoms with Crippen LogP contribution in [0.2, 0.25) is 0 Å². The second-order valence-corrected chi connectivity index (χ2v) is 7.50. The maximum Gasteiger partial charge on any atom is 0.339 e. The van der Waals surface area contributed by atoms with Crippen molar-refractivity contribution < 1.29 is 14.3 Å². The van der Waals surface area contributed by atoms with Gasteiger partial charge in [0.1, 0.15) is 5.78 Å². The molecule has 3 rings (SSSR count). The second kappa shape index (κ2) is 13.4. The molecule has 0 radical (unpaired) electrons. The number of rotatable bonds is 9. The number of nitrogens with zero attached hydrogens (tertiary/aromatic N) is 1. The van der Waals surface area contributed by atoms with Gasteiger partial charge < -0.3 is 10.1 Å². The maximum atomic E-state index is 12.3. The topological polar surface area (TPSA) is 79.2 Å². The molecule has 0 aromatic heterocycles. The highest BCUT2D eigenvalue weighted by molar-refractivity contribution is 5.97. The molecule has 5 nitrogen and oxygen atoms in total. The lowest BCUT2D eigenvalue weighted by molar-refractivity contribution is -0.118. The Bertz CT molecular complexity index is 1160. The van der Waals surface area contributed by atoms with Crippen LogP contribution in [0.15, 0.2) is 79.9 Å². The summed E-state index contributed by atoms with van der Waals surface area (Å²) < 4.78 is 4.93. The molecule has 3 aromatic rings. The van der Waals surface area contributed by atoms with Crippen LogP contribution in [-0.4, -0.2) is 18.9 Å². The third-order valence-electron chi connectivity index (χ3n) is 5.25. The molecule has 34 heavy (non-hydrogen) atoms. The molecule has 0 aliphatic carbocycles. The van der Waals surface area contributed by atoms with Gasteiger partial charge in [-0.05, 0) is 40.8 Å². The minimum Gasteiger partial charge on any atom is -0.465 e. The van der Waals surface area contributed by atoms with Crippen LogP contribution in [0.25, 0.3) is 11.1 Å². The van der Waals surface area contributed by atoms with Crippen molar-refractivity contribution in [1.29, 1.82) is 5.26 Å². The molecule has 0 unspecified atom stereocenters. The lowest BCUT2D eigenvalue weighted by Crippen LogP contribution is -2.13. The number of esters is 1. The number of methoxy groups -OCH3 is 1. The summed E-state index contributed by atoms with van der Waals surface area (Å²) in [6.07, 6.45) is 1.57. The van der Waals surface area contributed by atoms with E-state index in [-0.39, 0.29) is 12.2 Å². The van der Waals surface area contributed by atoms with Gasteiger partial charge in [0.05, 0.1) is 30.0 Å². The molecular formula is C29H30N2O3. The number of Topliss-reactive ketones (excluding diaryl/α,β-unsaturated/α-hetero) is 1. The molecule has 1 N–H and O–H groups in total. The lowest BCUT2D eigenvalue weighted by atomic mass is 9.99. The number of benzene rings is 3. The third-order valence-corrected chi connectivity index (χ3v) is 5.25. The molecule has 0 aliphatic rings. The number of hydrogen-bond acceptors (Lipinski definition) is 5. The summed E-state index contributed by atoms with van der Waals surface area (Å²) in [5, 5.41) is 12.7. The fourth-order valence-electron chi connectivity index (χ4n) is 3.64. The number of carbonyl (C=O) groups excluding carboxylic acids is 2. The molecule has 0 fully saturated rings. The van der Waals surface area contributed by atoms with E-state index in [4.69, 9.17) is 4.74 Å². The fourth-order valence-corrected chi connectivity index (χ4v) is 3.64. The van der Waals surface area contributed by atoms with Gasteiger partial charge in [0, 0.05) is 19.4 Å². The largest absolute Gasteiger partial charge is 0.465 e. The Labute approximate surface area is 201 Å². The molecular weight excluding hydrogens is 424 g/mol. The van der Waals surface area contributed by atoms with Gasteiger partial charge in [-0.2, -0.15) is 5.26 Å². The van der Waals surface area contributed by atoms with Gasteiger partial charge in [-0.1, -0.05) is 61.5 Å². The van der Waals surface area contributed by atoms with E-state index in [1.54, 1.807) is 18.2 Å². The van der Waals surface area contributed by atoms with Crippen LogP contribution >= 0.6 is 0 Å². The highest BCUT2D eigenvalue weighted by Gasteiger charge is 2.17. The SMILES string of the molecule is C=C.CCCC(=O)Cc1cccc(C(=O)OC)c1NCc1ccc(-c2ccccc2C#N)cc1. The van der Waals surface area contributed by atoms with Crippen molar-refractivity contribution in [3.05, 3.63) is 102 Å². The fraction of sp³-hybridized carbons (Fsp3) is 0.207. The molecule has 174 valence electrons. The number of para-hydroxylation sites is 1. The van der Waals surface area contributed by atoms with E-state index in [9.17, 15) is 14.9 Å². The van der Waals surface area contributed by atoms with Crippen LogP contribution in [0.4, 0.5) is 5.69 Å². The maximum absolute atomic E-state index is 12.3. The Morgan fingerprint density at radius 2 is 1.71 bits per heavy atom. The highest BCUT2D eigenvalue weighted by atomic mass is 16.5. The van der Waals surface area contributed by atoms with Crippen molar-refractivity contribution >= 4 is 17.4 Å². The summed E-state index contributed by atoms with van der Waals surface area (Å²) in [7, 11) is 1.35. The summed E-state index contributed by atoms with van der Waals surface area (Å²) in [5.74, 6) is -0.307. The number of ketones is 1. The van der Waals surface area contributed by atoms with Crippen molar-refractivity contribution in [3.8, 4) is 17.2 Å². The van der Waals surface area contributed by atoms with Gasteiger partial charge in [-0.3, -0.25) is 4.79 Å². The van der Waals surface area contributed by atoms with E-state index in [0.29, 0.717) is 29.8 Å². The molecule has 5 heteroatoms. The van der Waals surface area contributed by atoms with Crippen LogP contribution in [-0.2, 0) is 22.5 Å². The van der Waals surface area contributed by atoms with Crippen LogP contribution in [0.3, 0.4) is 0 Å². The van der Waals surface area contributed by atoms with E-state index < -0.39 is 5.97 Å². The van der Waals surface area contributed by atoms with Gasteiger partial charge in [0.15, 0.2) is 0 Å².